The number of carbonyl (C=O) groups is 1. The van der Waals surface area contributed by atoms with Gasteiger partial charge in [-0.25, -0.2) is 18.2 Å². The summed E-state index contributed by atoms with van der Waals surface area (Å²) < 4.78 is 39.1. The van der Waals surface area contributed by atoms with Crippen LogP contribution in [0.15, 0.2) is 42.5 Å². The first-order valence-electron chi connectivity index (χ1n) is 8.47. The summed E-state index contributed by atoms with van der Waals surface area (Å²) in [6.07, 6.45) is -2.07. The number of alkyl halides is 2. The molecule has 142 valence electrons. The molecule has 0 bridgehead atoms. The minimum Gasteiger partial charge on any atom is -0.372 e. The summed E-state index contributed by atoms with van der Waals surface area (Å²) in [6, 6.07) is 11.1. The van der Waals surface area contributed by atoms with E-state index in [9.17, 15) is 18.0 Å². The molecule has 1 aromatic heterocycles. The summed E-state index contributed by atoms with van der Waals surface area (Å²) in [5, 5.41) is 2.77. The Hall–Kier alpha value is -3.03. The topological polar surface area (TPSA) is 61.0 Å². The number of imidazole rings is 1. The van der Waals surface area contributed by atoms with Crippen LogP contribution in [-0.2, 0) is 0 Å². The molecule has 0 saturated carbocycles. The van der Waals surface area contributed by atoms with Crippen molar-refractivity contribution in [3.8, 4) is 0 Å². The second-order valence-corrected chi connectivity index (χ2v) is 6.14. The van der Waals surface area contributed by atoms with Gasteiger partial charge in [0.1, 0.15) is 5.82 Å². The number of aromatic nitrogens is 2. The van der Waals surface area contributed by atoms with Crippen molar-refractivity contribution in [3.63, 3.8) is 0 Å². The van der Waals surface area contributed by atoms with Gasteiger partial charge < -0.3 is 15.2 Å². The first-order valence-corrected chi connectivity index (χ1v) is 8.47. The van der Waals surface area contributed by atoms with Gasteiger partial charge in [-0.1, -0.05) is 12.1 Å². The Morgan fingerprint density at radius 1 is 1.26 bits per heavy atom. The highest BCUT2D eigenvalue weighted by molar-refractivity contribution is 5.97. The number of fused-ring (bicyclic) bond motifs is 1. The van der Waals surface area contributed by atoms with E-state index in [4.69, 9.17) is 0 Å². The number of hydrogen-bond donors (Lipinski definition) is 2. The highest BCUT2D eigenvalue weighted by Gasteiger charge is 2.14. The predicted molar refractivity (Wildman–Crippen MR) is 97.7 cm³/mol. The molecule has 2 N–H and O–H groups in total. The van der Waals surface area contributed by atoms with Crippen molar-refractivity contribution in [1.82, 2.24) is 15.3 Å². The minimum absolute atomic E-state index is 0.292. The average Bonchev–Trinajstić information content (AvgIpc) is 3.09. The fraction of sp³-hybridized carbons (Fsp3) is 0.263. The van der Waals surface area contributed by atoms with Crippen molar-refractivity contribution in [2.45, 2.75) is 12.8 Å². The molecular formula is C19H19F3N4O. The molecule has 2 aromatic carbocycles. The summed E-state index contributed by atoms with van der Waals surface area (Å²) >= 11 is 0. The van der Waals surface area contributed by atoms with E-state index in [1.165, 1.54) is 18.2 Å². The number of hydrogen-bond acceptors (Lipinski definition) is 3. The fourth-order valence-electron chi connectivity index (χ4n) is 2.78. The van der Waals surface area contributed by atoms with Crippen molar-refractivity contribution in [3.05, 3.63) is 59.7 Å². The lowest BCUT2D eigenvalue weighted by Gasteiger charge is -2.19. The van der Waals surface area contributed by atoms with Gasteiger partial charge >= 0.3 is 0 Å². The van der Waals surface area contributed by atoms with Crippen molar-refractivity contribution in [1.29, 1.82) is 0 Å². The Morgan fingerprint density at radius 2 is 2.04 bits per heavy atom. The number of aromatic amines is 1. The Labute approximate surface area is 154 Å². The molecule has 0 aliphatic heterocycles. The van der Waals surface area contributed by atoms with Gasteiger partial charge in [0.15, 0.2) is 5.82 Å². The monoisotopic (exact) mass is 376 g/mol. The lowest BCUT2D eigenvalue weighted by atomic mass is 10.2. The maximum absolute atomic E-state index is 13.7. The molecule has 27 heavy (non-hydrogen) atoms. The third-order valence-corrected chi connectivity index (χ3v) is 4.19. The Kier molecular flexibility index (Phi) is 5.63. The van der Waals surface area contributed by atoms with Gasteiger partial charge in [-0.2, -0.15) is 0 Å². The lowest BCUT2D eigenvalue weighted by Crippen LogP contribution is -2.28. The van der Waals surface area contributed by atoms with Crippen LogP contribution in [0.3, 0.4) is 0 Å². The third-order valence-electron chi connectivity index (χ3n) is 4.19. The van der Waals surface area contributed by atoms with E-state index in [0.29, 0.717) is 41.8 Å². The molecule has 0 spiro atoms. The number of benzene rings is 2. The van der Waals surface area contributed by atoms with Gasteiger partial charge in [-0.05, 0) is 36.8 Å². The molecule has 1 amide bonds. The Bertz CT molecular complexity index is 942. The van der Waals surface area contributed by atoms with Crippen molar-refractivity contribution >= 4 is 22.6 Å². The molecule has 3 rings (SSSR count). The number of halogens is 3. The standard InChI is InChI=1S/C19H19F3N4O/c1-26(16-6-3-2-5-13(16)20)10-4-9-23-19(27)12-7-8-14-15(11-12)25-18(24-14)17(21)22/h2-3,5-8,11,17H,4,9-10H2,1H3,(H,23,27)(H,24,25). The van der Waals surface area contributed by atoms with Gasteiger partial charge in [-0.3, -0.25) is 4.79 Å². The lowest BCUT2D eigenvalue weighted by molar-refractivity contribution is 0.0953. The fourth-order valence-corrected chi connectivity index (χ4v) is 2.78. The van der Waals surface area contributed by atoms with Gasteiger partial charge in [-0.15, -0.1) is 0 Å². The number of para-hydroxylation sites is 1. The average molecular weight is 376 g/mol. The maximum atomic E-state index is 13.7. The van der Waals surface area contributed by atoms with Crippen molar-refractivity contribution in [2.75, 3.05) is 25.0 Å². The quantitative estimate of drug-likeness (QED) is 0.615. The van der Waals surface area contributed by atoms with Crippen LogP contribution in [0.5, 0.6) is 0 Å². The molecular weight excluding hydrogens is 357 g/mol. The second kappa shape index (κ2) is 8.11. The summed E-state index contributed by atoms with van der Waals surface area (Å²) in [5.74, 6) is -1.02. The first-order chi connectivity index (χ1) is 13.0. The van der Waals surface area contributed by atoms with E-state index in [1.807, 2.05) is 0 Å². The Morgan fingerprint density at radius 3 is 2.78 bits per heavy atom. The summed E-state index contributed by atoms with van der Waals surface area (Å²) in [4.78, 5) is 20.3. The maximum Gasteiger partial charge on any atom is 0.295 e. The molecule has 0 saturated heterocycles. The molecule has 0 unspecified atom stereocenters. The third kappa shape index (κ3) is 4.39. The SMILES string of the molecule is CN(CCCNC(=O)c1ccc2nc(C(F)F)[nH]c2c1)c1ccccc1F. The highest BCUT2D eigenvalue weighted by Crippen LogP contribution is 2.20. The van der Waals surface area contributed by atoms with Crippen LogP contribution in [0, 0.1) is 5.82 Å². The van der Waals surface area contributed by atoms with Crippen LogP contribution in [0.4, 0.5) is 18.9 Å². The summed E-state index contributed by atoms with van der Waals surface area (Å²) in [7, 11) is 1.78. The van der Waals surface area contributed by atoms with Crippen LogP contribution in [0.25, 0.3) is 11.0 Å². The number of nitrogens with zero attached hydrogens (tertiary/aromatic N) is 2. The van der Waals surface area contributed by atoms with Crippen molar-refractivity contribution < 1.29 is 18.0 Å². The number of amides is 1. The van der Waals surface area contributed by atoms with Crippen LogP contribution in [0.1, 0.15) is 29.0 Å². The van der Waals surface area contributed by atoms with E-state index in [0.717, 1.165) is 0 Å². The normalized spacial score (nSPS) is 11.1. The smallest absolute Gasteiger partial charge is 0.295 e. The molecule has 0 atom stereocenters. The number of nitrogens with one attached hydrogen (secondary N) is 2. The first kappa shape index (κ1) is 18.8. The van der Waals surface area contributed by atoms with Gasteiger partial charge in [0.25, 0.3) is 12.3 Å². The van der Waals surface area contributed by atoms with Gasteiger partial charge in [0, 0.05) is 25.7 Å². The highest BCUT2D eigenvalue weighted by atomic mass is 19.3. The number of H-pyrrole nitrogens is 1. The predicted octanol–water partition coefficient (Wildman–Crippen LogP) is 3.90. The molecule has 0 aliphatic carbocycles. The number of rotatable bonds is 7. The molecule has 8 heteroatoms. The van der Waals surface area contributed by atoms with E-state index in [1.54, 1.807) is 36.2 Å². The van der Waals surface area contributed by atoms with E-state index < -0.39 is 12.2 Å². The Balaban J connectivity index is 1.53. The summed E-state index contributed by atoms with van der Waals surface area (Å²) in [6.45, 7) is 0.972. The number of carbonyl (C=O) groups excluding carboxylic acids is 1. The van der Waals surface area contributed by atoms with E-state index in [2.05, 4.69) is 15.3 Å². The van der Waals surface area contributed by atoms with Crippen LogP contribution >= 0.6 is 0 Å². The summed E-state index contributed by atoms with van der Waals surface area (Å²) in [5.41, 5.74) is 1.63. The zero-order valence-corrected chi connectivity index (χ0v) is 14.7. The molecule has 0 radical (unpaired) electrons. The second-order valence-electron chi connectivity index (χ2n) is 6.14. The largest absolute Gasteiger partial charge is 0.372 e. The van der Waals surface area contributed by atoms with Gasteiger partial charge in [0.05, 0.1) is 16.7 Å². The van der Waals surface area contributed by atoms with Gasteiger partial charge in [0.2, 0.25) is 0 Å². The molecule has 5 nitrogen and oxygen atoms in total. The zero-order chi connectivity index (χ0) is 19.4. The number of anilines is 1. The van der Waals surface area contributed by atoms with E-state index >= 15 is 0 Å². The van der Waals surface area contributed by atoms with Crippen molar-refractivity contribution in [2.24, 2.45) is 0 Å². The van der Waals surface area contributed by atoms with E-state index in [-0.39, 0.29) is 11.7 Å². The van der Waals surface area contributed by atoms with Crippen LogP contribution in [0.2, 0.25) is 0 Å². The molecule has 0 fully saturated rings. The molecule has 3 aromatic rings. The molecule has 0 aliphatic rings. The van der Waals surface area contributed by atoms with Crippen LogP contribution < -0.4 is 10.2 Å². The van der Waals surface area contributed by atoms with Crippen LogP contribution in [-0.4, -0.2) is 36.0 Å². The zero-order valence-electron chi connectivity index (χ0n) is 14.7. The molecule has 1 heterocycles. The minimum atomic E-state index is -2.69.